The van der Waals surface area contributed by atoms with E-state index in [0.717, 1.165) is 11.1 Å². The van der Waals surface area contributed by atoms with Crippen molar-refractivity contribution in [3.8, 4) is 6.07 Å². The maximum absolute atomic E-state index is 13.2. The summed E-state index contributed by atoms with van der Waals surface area (Å²) in [6, 6.07) is 26.0. The smallest absolute Gasteiger partial charge is 0.255 e. The standard InChI is InChI=1S/C26H22N2O2/c1-2-21(25(29)20-14-12-18(16-27)13-15-20)24-22-10-6-7-11-23(22)26(30)28(24)17-19-8-4-3-5-9-19/h2-15,21,24-25,29H,1,17H2. The summed E-state index contributed by atoms with van der Waals surface area (Å²) >= 11 is 0. The molecule has 0 saturated heterocycles. The highest BCUT2D eigenvalue weighted by molar-refractivity contribution is 5.99. The zero-order valence-electron chi connectivity index (χ0n) is 16.5. The lowest BCUT2D eigenvalue weighted by molar-refractivity contribution is 0.0473. The van der Waals surface area contributed by atoms with Crippen molar-refractivity contribution in [1.29, 1.82) is 5.26 Å². The van der Waals surface area contributed by atoms with Gasteiger partial charge in [0.2, 0.25) is 0 Å². The van der Waals surface area contributed by atoms with E-state index in [1.807, 2.05) is 59.5 Å². The van der Waals surface area contributed by atoms with E-state index in [0.29, 0.717) is 23.2 Å². The van der Waals surface area contributed by atoms with Crippen LogP contribution in [0, 0.1) is 17.2 Å². The van der Waals surface area contributed by atoms with Gasteiger partial charge in [-0.2, -0.15) is 5.26 Å². The second-order valence-corrected chi connectivity index (χ2v) is 7.44. The lowest BCUT2D eigenvalue weighted by atomic mass is 9.85. The summed E-state index contributed by atoms with van der Waals surface area (Å²) < 4.78 is 0. The van der Waals surface area contributed by atoms with Crippen LogP contribution in [0.3, 0.4) is 0 Å². The van der Waals surface area contributed by atoms with Gasteiger partial charge in [-0.3, -0.25) is 4.79 Å². The van der Waals surface area contributed by atoms with E-state index in [2.05, 4.69) is 12.6 Å². The van der Waals surface area contributed by atoms with Crippen molar-refractivity contribution in [2.75, 3.05) is 0 Å². The van der Waals surface area contributed by atoms with Gasteiger partial charge in [-0.15, -0.1) is 6.58 Å². The van der Waals surface area contributed by atoms with Gasteiger partial charge in [0.1, 0.15) is 0 Å². The third kappa shape index (κ3) is 3.52. The van der Waals surface area contributed by atoms with Gasteiger partial charge in [0.25, 0.3) is 5.91 Å². The molecule has 1 N–H and O–H groups in total. The predicted octanol–water partition coefficient (Wildman–Crippen LogP) is 4.79. The van der Waals surface area contributed by atoms with Crippen LogP contribution in [0.1, 0.15) is 44.8 Å². The molecule has 3 unspecified atom stereocenters. The molecule has 30 heavy (non-hydrogen) atoms. The Hall–Kier alpha value is -3.68. The van der Waals surface area contributed by atoms with E-state index >= 15 is 0 Å². The maximum Gasteiger partial charge on any atom is 0.255 e. The Morgan fingerprint density at radius 3 is 2.37 bits per heavy atom. The minimum absolute atomic E-state index is 0.0432. The zero-order chi connectivity index (χ0) is 21.1. The second-order valence-electron chi connectivity index (χ2n) is 7.44. The molecule has 0 radical (unpaired) electrons. The fourth-order valence-corrected chi connectivity index (χ4v) is 4.17. The van der Waals surface area contributed by atoms with E-state index in [9.17, 15) is 9.90 Å². The van der Waals surface area contributed by atoms with Gasteiger partial charge in [-0.25, -0.2) is 0 Å². The van der Waals surface area contributed by atoms with Gasteiger partial charge in [0.05, 0.1) is 23.8 Å². The normalized spacial score (nSPS) is 17.1. The molecule has 0 saturated carbocycles. The molecule has 0 fully saturated rings. The van der Waals surface area contributed by atoms with Crippen LogP contribution in [-0.2, 0) is 6.54 Å². The molecule has 1 amide bonds. The van der Waals surface area contributed by atoms with Gasteiger partial charge in [-0.05, 0) is 34.9 Å². The number of rotatable bonds is 6. The Kier molecular flexibility index (Phi) is 5.47. The van der Waals surface area contributed by atoms with E-state index < -0.39 is 12.0 Å². The summed E-state index contributed by atoms with van der Waals surface area (Å²) in [4.78, 5) is 15.1. The van der Waals surface area contributed by atoms with Crippen LogP contribution in [0.5, 0.6) is 0 Å². The SMILES string of the molecule is C=CC(C(O)c1ccc(C#N)cc1)C1c2ccccc2C(=O)N1Cc1ccccc1. The maximum atomic E-state index is 13.2. The molecule has 4 heteroatoms. The third-order valence-electron chi connectivity index (χ3n) is 5.68. The van der Waals surface area contributed by atoms with Crippen LogP contribution >= 0.6 is 0 Å². The first-order valence-corrected chi connectivity index (χ1v) is 9.88. The van der Waals surface area contributed by atoms with Gasteiger partial charge in [0.15, 0.2) is 0 Å². The lowest BCUT2D eigenvalue weighted by Gasteiger charge is -2.33. The van der Waals surface area contributed by atoms with Crippen molar-refractivity contribution in [1.82, 2.24) is 4.90 Å². The van der Waals surface area contributed by atoms with Crippen LogP contribution in [0.2, 0.25) is 0 Å². The van der Waals surface area contributed by atoms with Crippen LogP contribution in [0.4, 0.5) is 0 Å². The van der Waals surface area contributed by atoms with E-state index in [1.54, 1.807) is 30.3 Å². The number of hydrogen-bond donors (Lipinski definition) is 1. The van der Waals surface area contributed by atoms with Gasteiger partial charge in [-0.1, -0.05) is 66.7 Å². The summed E-state index contributed by atoms with van der Waals surface area (Å²) in [6.45, 7) is 4.42. The number of hydrogen-bond acceptors (Lipinski definition) is 3. The summed E-state index contributed by atoms with van der Waals surface area (Å²) in [6.07, 6.45) is 0.860. The minimum Gasteiger partial charge on any atom is -0.388 e. The number of benzene rings is 3. The number of nitriles is 1. The second kappa shape index (κ2) is 8.36. The monoisotopic (exact) mass is 394 g/mol. The number of fused-ring (bicyclic) bond motifs is 1. The van der Waals surface area contributed by atoms with Gasteiger partial charge in [0, 0.05) is 18.0 Å². The number of aliphatic hydroxyl groups excluding tert-OH is 1. The molecule has 0 aromatic heterocycles. The first-order chi connectivity index (χ1) is 14.6. The van der Waals surface area contributed by atoms with Crippen LogP contribution in [0.15, 0.2) is 91.5 Å². The number of carbonyl (C=O) groups is 1. The van der Waals surface area contributed by atoms with Crippen LogP contribution in [-0.4, -0.2) is 15.9 Å². The van der Waals surface area contributed by atoms with E-state index in [-0.39, 0.29) is 11.9 Å². The molecule has 0 bridgehead atoms. The number of amides is 1. The molecule has 1 heterocycles. The largest absolute Gasteiger partial charge is 0.388 e. The first-order valence-electron chi connectivity index (χ1n) is 9.88. The molecule has 1 aliphatic heterocycles. The Morgan fingerprint density at radius 2 is 1.70 bits per heavy atom. The highest BCUT2D eigenvalue weighted by atomic mass is 16.3. The molecule has 4 rings (SSSR count). The molecule has 3 aromatic carbocycles. The van der Waals surface area contributed by atoms with Crippen LogP contribution < -0.4 is 0 Å². The molecule has 1 aliphatic rings. The Labute approximate surface area is 176 Å². The molecule has 4 nitrogen and oxygen atoms in total. The van der Waals surface area contributed by atoms with Gasteiger partial charge < -0.3 is 10.0 Å². The molecule has 3 aromatic rings. The number of aliphatic hydroxyl groups is 1. The van der Waals surface area contributed by atoms with Crippen molar-refractivity contribution in [3.63, 3.8) is 0 Å². The Morgan fingerprint density at radius 1 is 1.03 bits per heavy atom. The van der Waals surface area contributed by atoms with Crippen molar-refractivity contribution in [3.05, 3.63) is 119 Å². The van der Waals surface area contributed by atoms with E-state index in [4.69, 9.17) is 5.26 Å². The zero-order valence-corrected chi connectivity index (χ0v) is 16.5. The highest BCUT2D eigenvalue weighted by Gasteiger charge is 2.42. The number of carbonyl (C=O) groups excluding carboxylic acids is 1. The molecule has 0 spiro atoms. The average Bonchev–Trinajstić information content (AvgIpc) is 3.07. The van der Waals surface area contributed by atoms with Crippen molar-refractivity contribution < 1.29 is 9.90 Å². The Bertz CT molecular complexity index is 1100. The average molecular weight is 394 g/mol. The highest BCUT2D eigenvalue weighted by Crippen LogP contribution is 2.44. The number of nitrogens with zero attached hydrogens (tertiary/aromatic N) is 2. The van der Waals surface area contributed by atoms with Crippen molar-refractivity contribution in [2.24, 2.45) is 5.92 Å². The molecule has 148 valence electrons. The molecule has 3 atom stereocenters. The predicted molar refractivity (Wildman–Crippen MR) is 115 cm³/mol. The lowest BCUT2D eigenvalue weighted by Crippen LogP contribution is -2.33. The fraction of sp³-hybridized carbons (Fsp3) is 0.154. The Balaban J connectivity index is 1.73. The molecular weight excluding hydrogens is 372 g/mol. The first kappa shape index (κ1) is 19.6. The summed E-state index contributed by atoms with van der Waals surface area (Å²) in [5.41, 5.74) is 3.82. The van der Waals surface area contributed by atoms with Crippen LogP contribution in [0.25, 0.3) is 0 Å². The summed E-state index contributed by atoms with van der Waals surface area (Å²) in [5.74, 6) is -0.451. The van der Waals surface area contributed by atoms with Crippen molar-refractivity contribution in [2.45, 2.75) is 18.7 Å². The minimum atomic E-state index is -0.863. The third-order valence-corrected chi connectivity index (χ3v) is 5.68. The topological polar surface area (TPSA) is 64.3 Å². The van der Waals surface area contributed by atoms with Gasteiger partial charge >= 0.3 is 0 Å². The van der Waals surface area contributed by atoms with E-state index in [1.165, 1.54) is 0 Å². The fourth-order valence-electron chi connectivity index (χ4n) is 4.17. The summed E-state index contributed by atoms with van der Waals surface area (Å²) in [7, 11) is 0. The molecular formula is C26H22N2O2. The summed E-state index contributed by atoms with van der Waals surface area (Å²) in [5, 5.41) is 20.2. The quantitative estimate of drug-likeness (QED) is 0.611. The van der Waals surface area contributed by atoms with Crippen molar-refractivity contribution >= 4 is 5.91 Å². The molecule has 0 aliphatic carbocycles.